The Morgan fingerprint density at radius 3 is 2.43 bits per heavy atom. The van der Waals surface area contributed by atoms with Crippen molar-refractivity contribution in [2.24, 2.45) is 28.5 Å². The lowest BCUT2D eigenvalue weighted by Gasteiger charge is -2.63. The molecule has 1 aromatic carbocycles. The molecular weight excluding hydrogens is 280 g/mol. The Kier molecular flexibility index (Phi) is 3.15. The molecule has 0 aliphatic heterocycles. The molecule has 4 saturated carbocycles. The fourth-order valence-electron chi connectivity index (χ4n) is 6.44. The molecule has 114 valence electrons. The fourth-order valence-corrected chi connectivity index (χ4v) is 6.69. The Labute approximate surface area is 132 Å². The number of halogens is 1. The van der Waals surface area contributed by atoms with Gasteiger partial charge in [-0.2, -0.15) is 0 Å². The highest BCUT2D eigenvalue weighted by Crippen LogP contribution is 2.68. The lowest BCUT2D eigenvalue weighted by Crippen LogP contribution is -2.56. The van der Waals surface area contributed by atoms with E-state index in [0.29, 0.717) is 10.8 Å². The normalized spacial score (nSPS) is 42.2. The van der Waals surface area contributed by atoms with Crippen LogP contribution in [0.3, 0.4) is 0 Å². The SMILES string of the molecule is CC12CC3CC(C1)CC(C(NN)c1ccccc1Cl)(C3)C2. The van der Waals surface area contributed by atoms with Crippen LogP contribution in [0.1, 0.15) is 57.1 Å². The Morgan fingerprint density at radius 1 is 1.19 bits per heavy atom. The average Bonchev–Trinajstić information content (AvgIpc) is 2.38. The van der Waals surface area contributed by atoms with Gasteiger partial charge in [-0.15, -0.1) is 0 Å². The molecule has 4 fully saturated rings. The van der Waals surface area contributed by atoms with E-state index in [1.807, 2.05) is 12.1 Å². The molecule has 0 spiro atoms. The standard InChI is InChI=1S/C18H25ClN2/c1-17-7-12-6-13(8-17)10-18(9-12,11-17)16(21-20)14-4-2-3-5-15(14)19/h2-5,12-13,16,21H,6-11,20H2,1H3. The highest BCUT2D eigenvalue weighted by molar-refractivity contribution is 6.31. The third-order valence-electron chi connectivity index (χ3n) is 6.39. The predicted molar refractivity (Wildman–Crippen MR) is 86.7 cm³/mol. The molecule has 0 radical (unpaired) electrons. The van der Waals surface area contributed by atoms with Crippen molar-refractivity contribution in [1.82, 2.24) is 5.43 Å². The smallest absolute Gasteiger partial charge is 0.0531 e. The first-order valence-electron chi connectivity index (χ1n) is 8.24. The Balaban J connectivity index is 1.75. The van der Waals surface area contributed by atoms with Crippen molar-refractivity contribution in [3.8, 4) is 0 Å². The van der Waals surface area contributed by atoms with Gasteiger partial charge in [-0.1, -0.05) is 36.7 Å². The first kappa shape index (κ1) is 14.0. The van der Waals surface area contributed by atoms with Crippen molar-refractivity contribution in [3.05, 3.63) is 34.9 Å². The molecule has 0 amide bonds. The Morgan fingerprint density at radius 2 is 1.86 bits per heavy atom. The molecule has 0 heterocycles. The maximum atomic E-state index is 6.48. The van der Waals surface area contributed by atoms with Crippen LogP contribution in [0.4, 0.5) is 0 Å². The number of nitrogens with one attached hydrogen (secondary N) is 1. The zero-order valence-corrected chi connectivity index (χ0v) is 13.5. The summed E-state index contributed by atoms with van der Waals surface area (Å²) in [6.07, 6.45) is 8.22. The molecule has 0 aromatic heterocycles. The van der Waals surface area contributed by atoms with Crippen LogP contribution in [-0.4, -0.2) is 0 Å². The summed E-state index contributed by atoms with van der Waals surface area (Å²) in [5.74, 6) is 7.83. The molecule has 3 atom stereocenters. The summed E-state index contributed by atoms with van der Waals surface area (Å²) in [6.45, 7) is 2.50. The molecule has 4 aliphatic rings. The maximum absolute atomic E-state index is 6.48. The minimum atomic E-state index is 0.191. The van der Waals surface area contributed by atoms with Gasteiger partial charge >= 0.3 is 0 Å². The molecule has 5 rings (SSSR count). The van der Waals surface area contributed by atoms with E-state index in [-0.39, 0.29) is 6.04 Å². The number of benzene rings is 1. The fraction of sp³-hybridized carbons (Fsp3) is 0.667. The lowest BCUT2D eigenvalue weighted by molar-refractivity contribution is -0.119. The van der Waals surface area contributed by atoms with Gasteiger partial charge in [0, 0.05) is 5.02 Å². The van der Waals surface area contributed by atoms with Gasteiger partial charge in [-0.25, -0.2) is 0 Å². The lowest BCUT2D eigenvalue weighted by atomic mass is 9.43. The molecule has 4 aliphatic carbocycles. The van der Waals surface area contributed by atoms with Crippen molar-refractivity contribution in [2.45, 2.75) is 51.5 Å². The van der Waals surface area contributed by atoms with E-state index in [1.165, 1.54) is 44.1 Å². The molecular formula is C18H25ClN2. The van der Waals surface area contributed by atoms with Gasteiger partial charge in [0.1, 0.15) is 0 Å². The zero-order valence-electron chi connectivity index (χ0n) is 12.7. The van der Waals surface area contributed by atoms with E-state index in [1.54, 1.807) is 0 Å². The number of hydrogen-bond donors (Lipinski definition) is 2. The average molecular weight is 305 g/mol. The number of nitrogens with two attached hydrogens (primary N) is 1. The molecule has 3 unspecified atom stereocenters. The number of hydrogen-bond acceptors (Lipinski definition) is 2. The second-order valence-corrected chi connectivity index (χ2v) is 8.66. The molecule has 0 saturated heterocycles. The first-order chi connectivity index (χ1) is 10.0. The monoisotopic (exact) mass is 304 g/mol. The van der Waals surface area contributed by atoms with Crippen molar-refractivity contribution in [3.63, 3.8) is 0 Å². The van der Waals surface area contributed by atoms with Crippen molar-refractivity contribution < 1.29 is 0 Å². The van der Waals surface area contributed by atoms with Crippen LogP contribution >= 0.6 is 11.6 Å². The molecule has 4 bridgehead atoms. The molecule has 3 heteroatoms. The van der Waals surface area contributed by atoms with E-state index < -0.39 is 0 Å². The highest BCUT2D eigenvalue weighted by atomic mass is 35.5. The number of hydrazine groups is 1. The van der Waals surface area contributed by atoms with E-state index >= 15 is 0 Å². The molecule has 2 nitrogen and oxygen atoms in total. The topological polar surface area (TPSA) is 38.0 Å². The first-order valence-corrected chi connectivity index (χ1v) is 8.62. The predicted octanol–water partition coefficient (Wildman–Crippen LogP) is 4.45. The van der Waals surface area contributed by atoms with Crippen LogP contribution < -0.4 is 11.3 Å². The second kappa shape index (κ2) is 4.71. The van der Waals surface area contributed by atoms with Crippen molar-refractivity contribution in [1.29, 1.82) is 0 Å². The number of rotatable bonds is 3. The summed E-state index contributed by atoms with van der Waals surface area (Å²) in [6, 6.07) is 8.40. The summed E-state index contributed by atoms with van der Waals surface area (Å²) >= 11 is 6.48. The van der Waals surface area contributed by atoms with Gasteiger partial charge in [0.25, 0.3) is 0 Å². The van der Waals surface area contributed by atoms with Gasteiger partial charge in [-0.3, -0.25) is 11.3 Å². The minimum absolute atomic E-state index is 0.191. The minimum Gasteiger partial charge on any atom is -0.271 e. The van der Waals surface area contributed by atoms with Crippen LogP contribution in [0.25, 0.3) is 0 Å². The van der Waals surface area contributed by atoms with Crippen molar-refractivity contribution in [2.75, 3.05) is 0 Å². The molecule has 21 heavy (non-hydrogen) atoms. The van der Waals surface area contributed by atoms with Crippen LogP contribution in [0.5, 0.6) is 0 Å². The van der Waals surface area contributed by atoms with Crippen molar-refractivity contribution >= 4 is 11.6 Å². The maximum Gasteiger partial charge on any atom is 0.0531 e. The molecule has 3 N–H and O–H groups in total. The highest BCUT2D eigenvalue weighted by Gasteiger charge is 2.58. The van der Waals surface area contributed by atoms with E-state index in [2.05, 4.69) is 24.5 Å². The van der Waals surface area contributed by atoms with Crippen LogP contribution in [0.2, 0.25) is 5.02 Å². The largest absolute Gasteiger partial charge is 0.271 e. The van der Waals surface area contributed by atoms with Gasteiger partial charge in [-0.05, 0) is 72.8 Å². The van der Waals surface area contributed by atoms with Crippen LogP contribution in [0, 0.1) is 22.7 Å². The van der Waals surface area contributed by atoms with Gasteiger partial charge < -0.3 is 0 Å². The van der Waals surface area contributed by atoms with Crippen LogP contribution in [-0.2, 0) is 0 Å². The zero-order chi connectivity index (χ0) is 14.7. The third-order valence-corrected chi connectivity index (χ3v) is 6.74. The summed E-state index contributed by atoms with van der Waals surface area (Å²) in [4.78, 5) is 0. The van der Waals surface area contributed by atoms with E-state index in [4.69, 9.17) is 17.4 Å². The summed E-state index contributed by atoms with van der Waals surface area (Å²) in [5.41, 5.74) is 5.17. The Hall–Kier alpha value is -0.570. The Bertz CT molecular complexity index is 542. The summed E-state index contributed by atoms with van der Waals surface area (Å²) < 4.78 is 0. The van der Waals surface area contributed by atoms with Gasteiger partial charge in [0.05, 0.1) is 6.04 Å². The van der Waals surface area contributed by atoms with E-state index in [9.17, 15) is 0 Å². The summed E-state index contributed by atoms with van der Waals surface area (Å²) in [5, 5.41) is 0.848. The third kappa shape index (κ3) is 2.15. The van der Waals surface area contributed by atoms with Gasteiger partial charge in [0.15, 0.2) is 0 Å². The summed E-state index contributed by atoms with van der Waals surface area (Å²) in [7, 11) is 0. The van der Waals surface area contributed by atoms with Gasteiger partial charge in [0.2, 0.25) is 0 Å². The quantitative estimate of drug-likeness (QED) is 0.639. The van der Waals surface area contributed by atoms with Crippen LogP contribution in [0.15, 0.2) is 24.3 Å². The second-order valence-electron chi connectivity index (χ2n) is 8.26. The van der Waals surface area contributed by atoms with E-state index in [0.717, 1.165) is 16.9 Å². The molecule has 1 aromatic rings.